The second-order valence-corrected chi connectivity index (χ2v) is 20.1. The number of aliphatic hydroxyl groups is 1. The Morgan fingerprint density at radius 3 is 2.71 bits per heavy atom. The monoisotopic (exact) mass is 514 g/mol. The van der Waals surface area contributed by atoms with Gasteiger partial charge in [0.15, 0.2) is 0 Å². The predicted molar refractivity (Wildman–Crippen MR) is 148 cm³/mol. The molecule has 0 saturated carbocycles. The quantitative estimate of drug-likeness (QED) is 0.239. The molecule has 4 rings (SSSR count). The van der Waals surface area contributed by atoms with Gasteiger partial charge in [-0.2, -0.15) is 0 Å². The number of aromatic nitrogens is 3. The van der Waals surface area contributed by atoms with Gasteiger partial charge in [0, 0.05) is 49.4 Å². The van der Waals surface area contributed by atoms with E-state index >= 15 is 0 Å². The highest BCUT2D eigenvalue weighted by molar-refractivity contribution is 7.70. The first-order valence-electron chi connectivity index (χ1n) is 12.5. The fraction of sp³-hybridized carbons (Fsp3) is 0.538. The molecule has 0 aliphatic heterocycles. The molecule has 0 amide bonds. The van der Waals surface area contributed by atoms with E-state index in [2.05, 4.69) is 40.6 Å². The number of anilines is 1. The fourth-order valence-electron chi connectivity index (χ4n) is 4.65. The van der Waals surface area contributed by atoms with Crippen LogP contribution < -0.4 is 10.6 Å². The maximum atomic E-state index is 13.4. The van der Waals surface area contributed by atoms with Crippen LogP contribution >= 0.6 is 7.14 Å². The van der Waals surface area contributed by atoms with Gasteiger partial charge in [0.05, 0.1) is 17.3 Å². The lowest BCUT2D eigenvalue weighted by molar-refractivity contribution is 0.0886. The molecular weight excluding hydrogens is 475 g/mol. The molecule has 1 aromatic carbocycles. The van der Waals surface area contributed by atoms with Crippen molar-refractivity contribution in [1.29, 1.82) is 0 Å². The Balaban J connectivity index is 1.87. The molecule has 1 aliphatic rings. The van der Waals surface area contributed by atoms with Crippen LogP contribution in [0.15, 0.2) is 24.4 Å². The number of nitrogens with one attached hydrogen (secondary N) is 1. The van der Waals surface area contributed by atoms with E-state index in [0.29, 0.717) is 19.2 Å². The molecule has 1 atom stereocenters. The van der Waals surface area contributed by atoms with E-state index < -0.39 is 21.3 Å². The zero-order valence-electron chi connectivity index (χ0n) is 21.9. The summed E-state index contributed by atoms with van der Waals surface area (Å²) >= 11 is 0. The van der Waals surface area contributed by atoms with Crippen molar-refractivity contribution in [3.8, 4) is 11.3 Å². The van der Waals surface area contributed by atoms with Crippen LogP contribution in [0.4, 0.5) is 5.95 Å². The molecule has 0 saturated heterocycles. The van der Waals surface area contributed by atoms with Crippen LogP contribution in [-0.4, -0.2) is 60.3 Å². The molecule has 190 valence electrons. The third-order valence-corrected chi connectivity index (χ3v) is 9.71. The third kappa shape index (κ3) is 5.88. The first kappa shape index (κ1) is 26.1. The van der Waals surface area contributed by atoms with Gasteiger partial charge in [-0.25, -0.2) is 9.97 Å². The molecule has 2 N–H and O–H groups in total. The standard InChI is InChI=1S/C26H39N4O3PSi/c1-18(31)15-27-26-28-16-19-9-7-11-21-23(24(19)29-26)20-10-8-12-22(34(2,3)32)25(20)30(21)17-33-13-14-35(4,5)6/h8,10,12,16,18,31H,7,9,11,13-15,17H2,1-6H3,(H,27,28,29)/t18-/m0/s1. The van der Waals surface area contributed by atoms with Gasteiger partial charge in [0.25, 0.3) is 0 Å². The van der Waals surface area contributed by atoms with Gasteiger partial charge < -0.3 is 24.3 Å². The molecular formula is C26H39N4O3PSi. The largest absolute Gasteiger partial charge is 0.392 e. The number of ether oxygens (including phenoxy) is 1. The summed E-state index contributed by atoms with van der Waals surface area (Å²) in [6.45, 7) is 14.0. The molecule has 0 fully saturated rings. The predicted octanol–water partition coefficient (Wildman–Crippen LogP) is 4.94. The van der Waals surface area contributed by atoms with Gasteiger partial charge in [-0.3, -0.25) is 0 Å². The van der Waals surface area contributed by atoms with Crippen LogP contribution in [0.1, 0.15) is 24.6 Å². The first-order chi connectivity index (χ1) is 16.5. The summed E-state index contributed by atoms with van der Waals surface area (Å²) in [7, 11) is -3.73. The Morgan fingerprint density at radius 2 is 2.03 bits per heavy atom. The van der Waals surface area contributed by atoms with Gasteiger partial charge in [-0.05, 0) is 57.2 Å². The fourth-order valence-corrected chi connectivity index (χ4v) is 6.61. The smallest absolute Gasteiger partial charge is 0.223 e. The van der Waals surface area contributed by atoms with Gasteiger partial charge in [0.1, 0.15) is 13.9 Å². The SMILES string of the molecule is C[C@H](O)CNc1ncc2c(n1)-c1c(n(COCC[Si](C)(C)C)c3c(P(C)(C)=O)cccc13)CCC2. The third-order valence-electron chi connectivity index (χ3n) is 6.48. The zero-order valence-corrected chi connectivity index (χ0v) is 23.8. The molecule has 0 bridgehead atoms. The lowest BCUT2D eigenvalue weighted by Crippen LogP contribution is -2.22. The molecule has 2 aromatic heterocycles. The minimum absolute atomic E-state index is 0.386. The van der Waals surface area contributed by atoms with Crippen LogP contribution in [0.3, 0.4) is 0 Å². The minimum atomic E-state index is -2.53. The van der Waals surface area contributed by atoms with E-state index in [1.807, 2.05) is 31.7 Å². The molecule has 3 aromatic rings. The normalized spacial score (nSPS) is 14.9. The van der Waals surface area contributed by atoms with Crippen LogP contribution in [0, 0.1) is 0 Å². The van der Waals surface area contributed by atoms with E-state index in [1.165, 1.54) is 5.69 Å². The van der Waals surface area contributed by atoms with Crippen molar-refractivity contribution >= 4 is 37.4 Å². The average molecular weight is 515 g/mol. The van der Waals surface area contributed by atoms with E-state index in [1.54, 1.807) is 6.92 Å². The van der Waals surface area contributed by atoms with Crippen molar-refractivity contribution in [2.24, 2.45) is 0 Å². The van der Waals surface area contributed by atoms with E-state index in [0.717, 1.165) is 64.9 Å². The number of hydrogen-bond donors (Lipinski definition) is 2. The van der Waals surface area contributed by atoms with Crippen molar-refractivity contribution in [2.45, 2.75) is 64.7 Å². The summed E-state index contributed by atoms with van der Waals surface area (Å²) in [6.07, 6.45) is 4.20. The summed E-state index contributed by atoms with van der Waals surface area (Å²) < 4.78 is 21.9. The summed E-state index contributed by atoms with van der Waals surface area (Å²) in [5.41, 5.74) is 5.33. The van der Waals surface area contributed by atoms with Crippen molar-refractivity contribution in [2.75, 3.05) is 31.8 Å². The topological polar surface area (TPSA) is 89.3 Å². The molecule has 35 heavy (non-hydrogen) atoms. The Morgan fingerprint density at radius 1 is 1.26 bits per heavy atom. The molecule has 0 radical (unpaired) electrons. The van der Waals surface area contributed by atoms with Crippen molar-refractivity contribution in [1.82, 2.24) is 14.5 Å². The highest BCUT2D eigenvalue weighted by atomic mass is 31.2. The minimum Gasteiger partial charge on any atom is -0.392 e. The van der Waals surface area contributed by atoms with Crippen LogP contribution in [0.5, 0.6) is 0 Å². The van der Waals surface area contributed by atoms with Crippen molar-refractivity contribution in [3.05, 3.63) is 35.7 Å². The second-order valence-electron chi connectivity index (χ2n) is 11.3. The van der Waals surface area contributed by atoms with Crippen molar-refractivity contribution < 1.29 is 14.4 Å². The molecule has 0 unspecified atom stereocenters. The number of fused-ring (bicyclic) bond motifs is 5. The van der Waals surface area contributed by atoms with Gasteiger partial charge in [-0.15, -0.1) is 0 Å². The summed E-state index contributed by atoms with van der Waals surface area (Å²) in [5, 5.41) is 14.8. The number of para-hydroxylation sites is 1. The number of nitrogens with zero attached hydrogens (tertiary/aromatic N) is 3. The zero-order chi connectivity index (χ0) is 25.4. The highest BCUT2D eigenvalue weighted by Crippen LogP contribution is 2.44. The van der Waals surface area contributed by atoms with Gasteiger partial charge in [-0.1, -0.05) is 31.8 Å². The maximum absolute atomic E-state index is 13.4. The first-order valence-corrected chi connectivity index (χ1v) is 18.8. The van der Waals surface area contributed by atoms with Crippen molar-refractivity contribution in [3.63, 3.8) is 0 Å². The lowest BCUT2D eigenvalue weighted by atomic mass is 10.0. The summed E-state index contributed by atoms with van der Waals surface area (Å²) in [4.78, 5) is 9.42. The summed E-state index contributed by atoms with van der Waals surface area (Å²) in [6, 6.07) is 7.23. The number of benzene rings is 1. The van der Waals surface area contributed by atoms with E-state index in [4.69, 9.17) is 9.72 Å². The van der Waals surface area contributed by atoms with E-state index in [9.17, 15) is 9.67 Å². The summed E-state index contributed by atoms with van der Waals surface area (Å²) in [5.74, 6) is 0.512. The van der Waals surface area contributed by atoms with Gasteiger partial charge >= 0.3 is 0 Å². The maximum Gasteiger partial charge on any atom is 0.223 e. The van der Waals surface area contributed by atoms with E-state index in [-0.39, 0.29) is 0 Å². The molecule has 1 aliphatic carbocycles. The van der Waals surface area contributed by atoms with Gasteiger partial charge in [0.2, 0.25) is 5.95 Å². The second kappa shape index (κ2) is 10.2. The van der Waals surface area contributed by atoms with Crippen LogP contribution in [0.2, 0.25) is 25.7 Å². The van der Waals surface area contributed by atoms with Crippen LogP contribution in [0.25, 0.3) is 22.2 Å². The van der Waals surface area contributed by atoms with Crippen LogP contribution in [-0.2, 0) is 28.9 Å². The number of rotatable bonds is 9. The molecule has 0 spiro atoms. The lowest BCUT2D eigenvalue weighted by Gasteiger charge is -2.18. The Labute approximate surface area is 209 Å². The Hall–Kier alpha value is -1.99. The Bertz CT molecular complexity index is 1260. The number of hydrogen-bond acceptors (Lipinski definition) is 6. The molecule has 7 nitrogen and oxygen atoms in total. The number of aliphatic hydroxyl groups excluding tert-OH is 1. The average Bonchev–Trinajstić information content (AvgIpc) is 2.94. The molecule has 9 heteroatoms. The highest BCUT2D eigenvalue weighted by Gasteiger charge is 2.28. The Kier molecular flexibility index (Phi) is 7.58. The number of aryl methyl sites for hydroxylation is 1. The molecule has 2 heterocycles.